The summed E-state index contributed by atoms with van der Waals surface area (Å²) < 4.78 is 0. The minimum Gasteiger partial charge on any atom is -0.381 e. The molecule has 0 heterocycles. The number of halogens is 4. The lowest BCUT2D eigenvalue weighted by molar-refractivity contribution is 1.15. The molecule has 0 bridgehead atoms. The molecule has 2 rings (SSSR count). The van der Waals surface area contributed by atoms with Crippen molar-refractivity contribution in [3.63, 3.8) is 0 Å². The molecule has 1 N–H and O–H groups in total. The molecule has 18 heavy (non-hydrogen) atoms. The average Bonchev–Trinajstić information content (AvgIpc) is 2.35. The molecular weight excluding hydrogens is 312 g/mol. The second-order valence-corrected chi connectivity index (χ2v) is 5.36. The highest BCUT2D eigenvalue weighted by Gasteiger charge is 2.01. The van der Waals surface area contributed by atoms with Gasteiger partial charge in [0.1, 0.15) is 0 Å². The van der Waals surface area contributed by atoms with Gasteiger partial charge in [0.25, 0.3) is 0 Å². The van der Waals surface area contributed by atoms with Crippen LogP contribution in [0.1, 0.15) is 5.56 Å². The van der Waals surface area contributed by atoms with E-state index in [1.807, 2.05) is 18.2 Å². The van der Waals surface area contributed by atoms with Crippen molar-refractivity contribution in [3.8, 4) is 0 Å². The first kappa shape index (κ1) is 13.8. The molecule has 5 heteroatoms. The zero-order valence-corrected chi connectivity index (χ0v) is 12.2. The second-order valence-electron chi connectivity index (χ2n) is 3.73. The molecule has 0 aliphatic rings. The summed E-state index contributed by atoms with van der Waals surface area (Å²) in [7, 11) is 0. The largest absolute Gasteiger partial charge is 0.381 e. The Morgan fingerprint density at radius 2 is 1.33 bits per heavy atom. The normalized spacial score (nSPS) is 10.4. The molecule has 0 saturated carbocycles. The number of benzene rings is 2. The SMILES string of the molecule is Clc1ccc(CNc2ccc(Cl)c(Cl)c2)cc1Cl. The highest BCUT2D eigenvalue weighted by Crippen LogP contribution is 2.26. The van der Waals surface area contributed by atoms with E-state index in [2.05, 4.69) is 5.32 Å². The molecule has 0 aliphatic carbocycles. The molecule has 1 nitrogen and oxygen atoms in total. The number of rotatable bonds is 3. The molecule has 0 amide bonds. The Balaban J connectivity index is 2.06. The van der Waals surface area contributed by atoms with Gasteiger partial charge < -0.3 is 5.32 Å². The summed E-state index contributed by atoms with van der Waals surface area (Å²) in [6.45, 7) is 0.634. The van der Waals surface area contributed by atoms with Gasteiger partial charge in [0.2, 0.25) is 0 Å². The van der Waals surface area contributed by atoms with Crippen molar-refractivity contribution < 1.29 is 0 Å². The van der Waals surface area contributed by atoms with E-state index in [4.69, 9.17) is 46.4 Å². The molecule has 0 unspecified atom stereocenters. The Labute approximate surface area is 126 Å². The van der Waals surface area contributed by atoms with Crippen molar-refractivity contribution in [2.45, 2.75) is 6.54 Å². The quantitative estimate of drug-likeness (QED) is 0.741. The first-order valence-electron chi connectivity index (χ1n) is 5.19. The third kappa shape index (κ3) is 3.46. The first-order valence-corrected chi connectivity index (χ1v) is 6.70. The van der Waals surface area contributed by atoms with Crippen LogP contribution in [0.3, 0.4) is 0 Å². The Morgan fingerprint density at radius 3 is 1.94 bits per heavy atom. The van der Waals surface area contributed by atoms with Gasteiger partial charge in [-0.1, -0.05) is 52.5 Å². The van der Waals surface area contributed by atoms with Crippen LogP contribution in [0.5, 0.6) is 0 Å². The third-order valence-electron chi connectivity index (χ3n) is 2.40. The second kappa shape index (κ2) is 6.03. The lowest BCUT2D eigenvalue weighted by atomic mass is 10.2. The van der Waals surface area contributed by atoms with E-state index in [1.54, 1.807) is 18.2 Å². The fraction of sp³-hybridized carbons (Fsp3) is 0.0769. The van der Waals surface area contributed by atoms with Crippen LogP contribution in [0.2, 0.25) is 20.1 Å². The average molecular weight is 321 g/mol. The van der Waals surface area contributed by atoms with Gasteiger partial charge in [-0.2, -0.15) is 0 Å². The number of hydrogen-bond donors (Lipinski definition) is 1. The molecule has 2 aromatic rings. The highest BCUT2D eigenvalue weighted by atomic mass is 35.5. The monoisotopic (exact) mass is 319 g/mol. The fourth-order valence-electron chi connectivity index (χ4n) is 1.46. The molecular formula is C13H9Cl4N. The van der Waals surface area contributed by atoms with E-state index in [0.29, 0.717) is 26.6 Å². The van der Waals surface area contributed by atoms with Gasteiger partial charge in [-0.15, -0.1) is 0 Å². The maximum absolute atomic E-state index is 5.94. The van der Waals surface area contributed by atoms with E-state index in [-0.39, 0.29) is 0 Å². The van der Waals surface area contributed by atoms with Crippen molar-refractivity contribution in [3.05, 3.63) is 62.1 Å². The topological polar surface area (TPSA) is 12.0 Å². The van der Waals surface area contributed by atoms with Crippen LogP contribution >= 0.6 is 46.4 Å². The summed E-state index contributed by atoms with van der Waals surface area (Å²) in [4.78, 5) is 0. The molecule has 0 aromatic heterocycles. The van der Waals surface area contributed by atoms with Crippen LogP contribution in [0.4, 0.5) is 5.69 Å². The van der Waals surface area contributed by atoms with Crippen molar-refractivity contribution in [2.24, 2.45) is 0 Å². The Bertz CT molecular complexity index is 517. The predicted molar refractivity (Wildman–Crippen MR) is 80.3 cm³/mol. The fourth-order valence-corrected chi connectivity index (χ4v) is 2.08. The summed E-state index contributed by atoms with van der Waals surface area (Å²) in [6, 6.07) is 10.9. The van der Waals surface area contributed by atoms with Crippen LogP contribution in [0, 0.1) is 0 Å². The van der Waals surface area contributed by atoms with Gasteiger partial charge in [-0.3, -0.25) is 0 Å². The maximum atomic E-state index is 5.94. The minimum atomic E-state index is 0.524. The van der Waals surface area contributed by atoms with Crippen LogP contribution in [0.25, 0.3) is 0 Å². The van der Waals surface area contributed by atoms with Gasteiger partial charge in [-0.25, -0.2) is 0 Å². The summed E-state index contributed by atoms with van der Waals surface area (Å²) in [5.74, 6) is 0. The number of hydrogen-bond acceptors (Lipinski definition) is 1. The summed E-state index contributed by atoms with van der Waals surface area (Å²) in [5, 5.41) is 5.39. The number of nitrogens with one attached hydrogen (secondary N) is 1. The first-order chi connectivity index (χ1) is 8.56. The van der Waals surface area contributed by atoms with Crippen LogP contribution in [-0.2, 0) is 6.54 Å². The van der Waals surface area contributed by atoms with Gasteiger partial charge in [-0.05, 0) is 35.9 Å². The summed E-state index contributed by atoms with van der Waals surface area (Å²) >= 11 is 23.6. The van der Waals surface area contributed by atoms with Crippen LogP contribution < -0.4 is 5.32 Å². The van der Waals surface area contributed by atoms with Crippen molar-refractivity contribution >= 4 is 52.1 Å². The Kier molecular flexibility index (Phi) is 4.63. The lowest BCUT2D eigenvalue weighted by Gasteiger charge is -2.08. The van der Waals surface area contributed by atoms with Crippen LogP contribution in [-0.4, -0.2) is 0 Å². The maximum Gasteiger partial charge on any atom is 0.0612 e. The van der Waals surface area contributed by atoms with Crippen molar-refractivity contribution in [2.75, 3.05) is 5.32 Å². The summed E-state index contributed by atoms with van der Waals surface area (Å²) in [5.41, 5.74) is 1.94. The molecule has 94 valence electrons. The van der Waals surface area contributed by atoms with E-state index in [9.17, 15) is 0 Å². The van der Waals surface area contributed by atoms with Gasteiger partial charge in [0.05, 0.1) is 20.1 Å². The summed E-state index contributed by atoms with van der Waals surface area (Å²) in [6.07, 6.45) is 0. The number of anilines is 1. The molecule has 0 aliphatic heterocycles. The molecule has 0 radical (unpaired) electrons. The molecule has 0 spiro atoms. The molecule has 2 aromatic carbocycles. The van der Waals surface area contributed by atoms with Crippen molar-refractivity contribution in [1.82, 2.24) is 0 Å². The highest BCUT2D eigenvalue weighted by molar-refractivity contribution is 6.42. The van der Waals surface area contributed by atoms with E-state index < -0.39 is 0 Å². The predicted octanol–water partition coefficient (Wildman–Crippen LogP) is 5.91. The Morgan fingerprint density at radius 1 is 0.722 bits per heavy atom. The zero-order chi connectivity index (χ0) is 13.1. The molecule has 0 fully saturated rings. The lowest BCUT2D eigenvalue weighted by Crippen LogP contribution is -1.99. The van der Waals surface area contributed by atoms with E-state index in [0.717, 1.165) is 11.3 Å². The van der Waals surface area contributed by atoms with Crippen molar-refractivity contribution in [1.29, 1.82) is 0 Å². The standard InChI is InChI=1S/C13H9Cl4N/c14-10-3-1-8(5-12(10)16)7-18-9-2-4-11(15)13(17)6-9/h1-6,18H,7H2. The van der Waals surface area contributed by atoms with E-state index >= 15 is 0 Å². The smallest absolute Gasteiger partial charge is 0.0612 e. The third-order valence-corrected chi connectivity index (χ3v) is 3.88. The van der Waals surface area contributed by atoms with Gasteiger partial charge >= 0.3 is 0 Å². The van der Waals surface area contributed by atoms with Gasteiger partial charge in [0.15, 0.2) is 0 Å². The Hall–Kier alpha value is -0.600. The van der Waals surface area contributed by atoms with Crippen LogP contribution in [0.15, 0.2) is 36.4 Å². The molecule has 0 atom stereocenters. The molecule has 0 saturated heterocycles. The zero-order valence-electron chi connectivity index (χ0n) is 9.18. The minimum absolute atomic E-state index is 0.524. The van der Waals surface area contributed by atoms with E-state index in [1.165, 1.54) is 0 Å². The van der Waals surface area contributed by atoms with Gasteiger partial charge in [0, 0.05) is 12.2 Å².